The van der Waals surface area contributed by atoms with E-state index in [-0.39, 0.29) is 23.3 Å². The Morgan fingerprint density at radius 3 is 2.54 bits per heavy atom. The molecule has 184 valence electrons. The molecule has 3 aromatic rings. The van der Waals surface area contributed by atoms with Crippen LogP contribution in [0.4, 0.5) is 10.1 Å². The fourth-order valence-electron chi connectivity index (χ4n) is 5.92. The lowest BCUT2D eigenvalue weighted by molar-refractivity contribution is 0.100. The molecule has 7 nitrogen and oxygen atoms in total. The van der Waals surface area contributed by atoms with Gasteiger partial charge in [0.15, 0.2) is 0 Å². The van der Waals surface area contributed by atoms with Gasteiger partial charge in [-0.05, 0) is 86.3 Å². The van der Waals surface area contributed by atoms with E-state index in [2.05, 4.69) is 5.32 Å². The minimum atomic E-state index is -3.64. The molecule has 1 aliphatic heterocycles. The van der Waals surface area contributed by atoms with Crippen molar-refractivity contribution < 1.29 is 22.7 Å². The second-order valence-corrected chi connectivity index (χ2v) is 12.3. The Balaban J connectivity index is 1.53. The lowest BCUT2D eigenvalue weighted by Crippen LogP contribution is -2.32. The van der Waals surface area contributed by atoms with E-state index in [1.807, 2.05) is 6.07 Å². The van der Waals surface area contributed by atoms with Crippen LogP contribution in [-0.2, 0) is 16.4 Å². The quantitative estimate of drug-likeness (QED) is 0.508. The van der Waals surface area contributed by atoms with Gasteiger partial charge in [-0.15, -0.1) is 0 Å². The maximum atomic E-state index is 14.2. The maximum Gasteiger partial charge on any atom is 0.250 e. The first-order valence-corrected chi connectivity index (χ1v) is 13.7. The number of aromatic nitrogens is 1. The number of nitrogens with two attached hydrogens (primary N) is 1. The first kappa shape index (κ1) is 22.5. The fraction of sp³-hybridized carbons (Fsp3) is 0.423. The second-order valence-electron chi connectivity index (χ2n) is 10.5. The second kappa shape index (κ2) is 7.80. The van der Waals surface area contributed by atoms with E-state index in [9.17, 15) is 22.7 Å². The summed E-state index contributed by atoms with van der Waals surface area (Å²) >= 11 is 0. The minimum Gasteiger partial charge on any atom is -0.393 e. The summed E-state index contributed by atoms with van der Waals surface area (Å²) < 4.78 is 42.3. The van der Waals surface area contributed by atoms with Crippen LogP contribution in [0.2, 0.25) is 0 Å². The van der Waals surface area contributed by atoms with Gasteiger partial charge in [0.25, 0.3) is 5.91 Å². The molecule has 9 heteroatoms. The van der Waals surface area contributed by atoms with Crippen LogP contribution in [-0.4, -0.2) is 41.3 Å². The molecule has 2 aliphatic carbocycles. The van der Waals surface area contributed by atoms with Gasteiger partial charge in [-0.3, -0.25) is 4.79 Å². The molecule has 3 aliphatic rings. The van der Waals surface area contributed by atoms with Crippen LogP contribution in [0, 0.1) is 11.2 Å². The van der Waals surface area contributed by atoms with E-state index in [1.54, 1.807) is 18.2 Å². The average molecular weight is 498 g/mol. The van der Waals surface area contributed by atoms with Crippen LogP contribution < -0.4 is 11.1 Å². The van der Waals surface area contributed by atoms with E-state index in [0.717, 1.165) is 36.8 Å². The van der Waals surface area contributed by atoms with Gasteiger partial charge in [-0.25, -0.2) is 16.8 Å². The Morgan fingerprint density at radius 2 is 1.86 bits per heavy atom. The number of nitrogens with zero attached hydrogens (tertiary/aromatic N) is 1. The molecular formula is C26H28FN3O4S. The zero-order valence-corrected chi connectivity index (χ0v) is 20.1. The normalized spacial score (nSPS) is 24.3. The molecule has 2 heterocycles. The molecular weight excluding hydrogens is 469 g/mol. The summed E-state index contributed by atoms with van der Waals surface area (Å²) in [6, 6.07) is 9.67. The third-order valence-electron chi connectivity index (χ3n) is 7.88. The van der Waals surface area contributed by atoms with Gasteiger partial charge in [0.1, 0.15) is 5.82 Å². The number of aliphatic hydroxyl groups excluding tert-OH is 1. The first-order chi connectivity index (χ1) is 16.7. The lowest BCUT2D eigenvalue weighted by atomic mass is 9.91. The van der Waals surface area contributed by atoms with Gasteiger partial charge in [0, 0.05) is 28.4 Å². The van der Waals surface area contributed by atoms with Gasteiger partial charge in [-0.1, -0.05) is 6.07 Å². The molecule has 2 aromatic carbocycles. The molecule has 35 heavy (non-hydrogen) atoms. The molecule has 0 unspecified atom stereocenters. The number of carbonyl (C=O) groups is 1. The number of aliphatic hydroxyl groups is 1. The largest absolute Gasteiger partial charge is 0.393 e. The van der Waals surface area contributed by atoms with Crippen molar-refractivity contribution in [2.75, 3.05) is 11.1 Å². The van der Waals surface area contributed by atoms with E-state index >= 15 is 0 Å². The molecule has 1 spiro atoms. The van der Waals surface area contributed by atoms with Gasteiger partial charge in [0.2, 0.25) is 10.0 Å². The Hall–Kier alpha value is -2.91. The van der Waals surface area contributed by atoms with Crippen molar-refractivity contribution in [2.24, 2.45) is 11.1 Å². The summed E-state index contributed by atoms with van der Waals surface area (Å²) in [4.78, 5) is 12.2. The third kappa shape index (κ3) is 3.81. The first-order valence-electron chi connectivity index (χ1n) is 12.1. The Bertz CT molecular complexity index is 1470. The van der Waals surface area contributed by atoms with E-state index in [1.165, 1.54) is 16.1 Å². The number of nitrogens with one attached hydrogen (secondary N) is 1. The highest BCUT2D eigenvalue weighted by Gasteiger charge is 2.51. The number of amides is 1. The summed E-state index contributed by atoms with van der Waals surface area (Å²) in [5, 5.41) is 14.0. The number of halogens is 1. The summed E-state index contributed by atoms with van der Waals surface area (Å²) in [7, 11) is -3.64. The lowest BCUT2D eigenvalue weighted by Gasteiger charge is -2.28. The fourth-order valence-corrected chi connectivity index (χ4v) is 8.15. The van der Waals surface area contributed by atoms with Crippen molar-refractivity contribution in [3.8, 4) is 11.1 Å². The van der Waals surface area contributed by atoms with Gasteiger partial charge < -0.3 is 16.2 Å². The number of fused-ring (bicyclic) bond motifs is 3. The Kier molecular flexibility index (Phi) is 5.02. The zero-order chi connectivity index (χ0) is 24.5. The van der Waals surface area contributed by atoms with Crippen molar-refractivity contribution in [3.05, 3.63) is 53.5 Å². The molecule has 2 fully saturated rings. The predicted molar refractivity (Wildman–Crippen MR) is 132 cm³/mol. The SMILES string of the molecule is NC(=O)c1ccc(-c2c3n(c4cc(F)ccc24)S(=O)(=O)CC2(CC2)C3)cc1NC1CCC(O)CC1. The maximum absolute atomic E-state index is 14.2. The van der Waals surface area contributed by atoms with Crippen LogP contribution in [0.1, 0.15) is 54.6 Å². The summed E-state index contributed by atoms with van der Waals surface area (Å²) in [6.45, 7) is 0. The molecule has 1 aromatic heterocycles. The topological polar surface area (TPSA) is 114 Å². The number of hydrogen-bond donors (Lipinski definition) is 3. The number of primary amides is 1. The molecule has 1 amide bonds. The molecule has 6 rings (SSSR count). The van der Waals surface area contributed by atoms with Gasteiger partial charge >= 0.3 is 0 Å². The zero-order valence-electron chi connectivity index (χ0n) is 19.3. The monoisotopic (exact) mass is 497 g/mol. The van der Waals surface area contributed by atoms with Crippen molar-refractivity contribution in [1.29, 1.82) is 0 Å². The van der Waals surface area contributed by atoms with E-state index < -0.39 is 21.7 Å². The number of rotatable bonds is 4. The Labute approximate surface area is 203 Å². The van der Waals surface area contributed by atoms with E-state index in [4.69, 9.17) is 5.73 Å². The van der Waals surface area contributed by atoms with Crippen molar-refractivity contribution in [3.63, 3.8) is 0 Å². The third-order valence-corrected chi connectivity index (χ3v) is 9.83. The number of benzene rings is 2. The van der Waals surface area contributed by atoms with Crippen LogP contribution in [0.15, 0.2) is 36.4 Å². The minimum absolute atomic E-state index is 0.0771. The van der Waals surface area contributed by atoms with Crippen LogP contribution in [0.25, 0.3) is 22.0 Å². The van der Waals surface area contributed by atoms with Gasteiger partial charge in [0.05, 0.1) is 22.9 Å². The number of hydrogen-bond acceptors (Lipinski definition) is 5. The smallest absolute Gasteiger partial charge is 0.250 e. The molecule has 0 atom stereocenters. The van der Waals surface area contributed by atoms with Crippen LogP contribution in [0.5, 0.6) is 0 Å². The predicted octanol–water partition coefficient (Wildman–Crippen LogP) is 3.78. The van der Waals surface area contributed by atoms with Crippen molar-refractivity contribution in [2.45, 2.75) is 57.1 Å². The standard InChI is InChI=1S/C26H28FN3O4S/c27-16-2-8-20-22(12-16)30-23(13-26(9-10-26)14-35(30,33)34)24(20)15-1-7-19(25(28)32)21(11-15)29-17-3-5-18(31)6-4-17/h1-2,7-8,11-12,17-18,29,31H,3-6,9-10,13-14H2,(H2,28,32). The molecule has 0 bridgehead atoms. The highest BCUT2D eigenvalue weighted by Crippen LogP contribution is 2.55. The molecule has 4 N–H and O–H groups in total. The number of carbonyl (C=O) groups excluding carboxylic acids is 1. The van der Waals surface area contributed by atoms with E-state index in [0.29, 0.717) is 47.1 Å². The number of anilines is 1. The summed E-state index contributed by atoms with van der Waals surface area (Å²) in [6.07, 6.45) is 4.96. The van der Waals surface area contributed by atoms with Crippen molar-refractivity contribution >= 4 is 32.5 Å². The van der Waals surface area contributed by atoms with Crippen LogP contribution in [0.3, 0.4) is 0 Å². The summed E-state index contributed by atoms with van der Waals surface area (Å²) in [5.74, 6) is -0.967. The molecule has 0 radical (unpaired) electrons. The van der Waals surface area contributed by atoms with Crippen molar-refractivity contribution in [1.82, 2.24) is 3.97 Å². The summed E-state index contributed by atoms with van der Waals surface area (Å²) in [5.41, 5.74) is 8.90. The average Bonchev–Trinajstić information content (AvgIpc) is 3.44. The van der Waals surface area contributed by atoms with Gasteiger partial charge in [-0.2, -0.15) is 0 Å². The molecule has 2 saturated carbocycles. The molecule has 0 saturated heterocycles. The highest BCUT2D eigenvalue weighted by atomic mass is 32.2. The van der Waals surface area contributed by atoms with Crippen LogP contribution >= 0.6 is 0 Å². The Morgan fingerprint density at radius 1 is 1.11 bits per heavy atom. The highest BCUT2D eigenvalue weighted by molar-refractivity contribution is 7.90.